The molecule has 0 bridgehead atoms. The fraction of sp³-hybridized carbons (Fsp3) is 0. The lowest BCUT2D eigenvalue weighted by atomic mass is 10.3. The van der Waals surface area contributed by atoms with E-state index in [0.717, 1.165) is 22.1 Å². The van der Waals surface area contributed by atoms with Gasteiger partial charge < -0.3 is 4.74 Å². The highest BCUT2D eigenvalue weighted by molar-refractivity contribution is 7.99. The minimum absolute atomic E-state index is 0.958. The second kappa shape index (κ2) is 4.04. The van der Waals surface area contributed by atoms with Crippen LogP contribution in [0.25, 0.3) is 0 Å². The molecule has 0 amide bonds. The molecule has 16 heavy (non-hydrogen) atoms. The largest absolute Gasteiger partial charge is 0.454 e. The highest BCUT2D eigenvalue weighted by Gasteiger charge is 2.20. The highest BCUT2D eigenvalue weighted by atomic mass is 32.2. The van der Waals surface area contributed by atoms with E-state index in [-0.39, 0.29) is 0 Å². The Balaban J connectivity index is 2.17. The maximum Gasteiger partial charge on any atom is 0.148 e. The van der Waals surface area contributed by atoms with Crippen LogP contribution >= 0.6 is 30.2 Å². The minimum Gasteiger partial charge on any atom is -0.454 e. The van der Waals surface area contributed by atoms with E-state index in [1.165, 1.54) is 9.79 Å². The predicted octanol–water partition coefficient (Wildman–Crippen LogP) is 2.94. The van der Waals surface area contributed by atoms with Crippen LogP contribution in [0.5, 0.6) is 11.5 Å². The summed E-state index contributed by atoms with van der Waals surface area (Å²) < 4.78 is 5.98. The van der Waals surface area contributed by atoms with Crippen LogP contribution in [-0.4, -0.2) is 0 Å². The van der Waals surface area contributed by atoms with E-state index >= 15 is 0 Å². The van der Waals surface area contributed by atoms with E-state index in [2.05, 4.69) is 30.6 Å². The molecule has 0 spiro atoms. The predicted molar refractivity (Wildman–Crippen MR) is 75.8 cm³/mol. The minimum atomic E-state index is 0.958. The van der Waals surface area contributed by atoms with E-state index in [9.17, 15) is 0 Å². The number of hydrogen-bond acceptors (Lipinski definition) is 2. The van der Waals surface area contributed by atoms with Gasteiger partial charge in [-0.15, -0.1) is 18.5 Å². The molecule has 0 saturated heterocycles. The summed E-state index contributed by atoms with van der Waals surface area (Å²) in [5.74, 6) is 1.92. The van der Waals surface area contributed by atoms with E-state index in [0.29, 0.717) is 0 Å². The van der Waals surface area contributed by atoms with Crippen LogP contribution in [0.4, 0.5) is 0 Å². The molecular formula is C12H10OP2S. The lowest BCUT2D eigenvalue weighted by Gasteiger charge is -2.22. The molecular weight excluding hydrogens is 254 g/mol. The zero-order chi connectivity index (χ0) is 11.1. The topological polar surface area (TPSA) is 9.23 Å². The summed E-state index contributed by atoms with van der Waals surface area (Å²) in [4.78, 5) is 2.35. The van der Waals surface area contributed by atoms with Gasteiger partial charge >= 0.3 is 0 Å². The molecule has 0 radical (unpaired) electrons. The van der Waals surface area contributed by atoms with Crippen LogP contribution < -0.4 is 15.3 Å². The van der Waals surface area contributed by atoms with Crippen LogP contribution in [-0.2, 0) is 0 Å². The molecule has 3 rings (SSSR count). The van der Waals surface area contributed by atoms with Crippen LogP contribution in [0.2, 0.25) is 0 Å². The first-order valence-corrected chi connectivity index (χ1v) is 6.85. The van der Waals surface area contributed by atoms with Crippen molar-refractivity contribution in [3.63, 3.8) is 0 Å². The molecule has 2 aromatic rings. The summed E-state index contributed by atoms with van der Waals surface area (Å²) in [6, 6.07) is 12.4. The SMILES string of the molecule is Pc1cccc2c1Oc1c(P)cccc1S2. The van der Waals surface area contributed by atoms with Crippen molar-refractivity contribution in [1.82, 2.24) is 0 Å². The van der Waals surface area contributed by atoms with Gasteiger partial charge in [-0.25, -0.2) is 0 Å². The van der Waals surface area contributed by atoms with Gasteiger partial charge in [0.05, 0.1) is 9.79 Å². The molecule has 0 saturated carbocycles. The number of para-hydroxylation sites is 2. The van der Waals surface area contributed by atoms with Crippen molar-refractivity contribution in [1.29, 1.82) is 0 Å². The van der Waals surface area contributed by atoms with Gasteiger partial charge in [-0.3, -0.25) is 0 Å². The Morgan fingerprint density at radius 3 is 1.81 bits per heavy atom. The van der Waals surface area contributed by atoms with Gasteiger partial charge in [0.15, 0.2) is 0 Å². The van der Waals surface area contributed by atoms with Crippen LogP contribution in [0.3, 0.4) is 0 Å². The number of fused-ring (bicyclic) bond motifs is 2. The standard InChI is InChI=1S/C12H10OP2S/c14-7-3-1-5-9-11(7)13-12-8(15)4-2-6-10(12)16-9/h1-6H,14-15H2. The highest BCUT2D eigenvalue weighted by Crippen LogP contribution is 2.45. The number of hydrogen-bond donors (Lipinski definition) is 0. The van der Waals surface area contributed by atoms with Crippen molar-refractivity contribution < 1.29 is 4.74 Å². The Hall–Kier alpha value is -0.550. The normalized spacial score (nSPS) is 12.6. The van der Waals surface area contributed by atoms with Gasteiger partial charge in [0, 0.05) is 10.6 Å². The van der Waals surface area contributed by atoms with Gasteiger partial charge in [0.1, 0.15) is 11.5 Å². The number of ether oxygens (including phenoxy) is 1. The molecule has 0 fully saturated rings. The molecule has 2 unspecified atom stereocenters. The fourth-order valence-corrected chi connectivity index (χ4v) is 3.56. The first-order valence-electron chi connectivity index (χ1n) is 4.88. The first kappa shape index (κ1) is 10.6. The van der Waals surface area contributed by atoms with Crippen LogP contribution in [0.1, 0.15) is 0 Å². The third-order valence-corrected chi connectivity index (χ3v) is 4.43. The number of rotatable bonds is 0. The van der Waals surface area contributed by atoms with E-state index in [4.69, 9.17) is 4.74 Å². The van der Waals surface area contributed by atoms with Crippen molar-refractivity contribution in [3.05, 3.63) is 36.4 Å². The molecule has 0 aromatic heterocycles. The van der Waals surface area contributed by atoms with Crippen molar-refractivity contribution in [2.75, 3.05) is 0 Å². The zero-order valence-electron chi connectivity index (χ0n) is 8.44. The molecule has 1 aliphatic heterocycles. The van der Waals surface area contributed by atoms with Crippen molar-refractivity contribution in [3.8, 4) is 11.5 Å². The van der Waals surface area contributed by atoms with Gasteiger partial charge in [0.25, 0.3) is 0 Å². The number of benzene rings is 2. The second-order valence-corrected chi connectivity index (χ2v) is 5.88. The lowest BCUT2D eigenvalue weighted by Crippen LogP contribution is -2.08. The molecule has 1 nitrogen and oxygen atoms in total. The average Bonchev–Trinajstić information content (AvgIpc) is 2.28. The summed E-state index contributed by atoms with van der Waals surface area (Å²) in [5, 5.41) is 2.20. The summed E-state index contributed by atoms with van der Waals surface area (Å²) in [5.41, 5.74) is 0. The summed E-state index contributed by atoms with van der Waals surface area (Å²) in [6.45, 7) is 0. The van der Waals surface area contributed by atoms with E-state index in [1.807, 2.05) is 24.3 Å². The zero-order valence-corrected chi connectivity index (χ0v) is 11.6. The van der Waals surface area contributed by atoms with E-state index < -0.39 is 0 Å². The van der Waals surface area contributed by atoms with Crippen molar-refractivity contribution in [2.24, 2.45) is 0 Å². The summed E-state index contributed by atoms with van der Waals surface area (Å²) >= 11 is 1.76. The molecule has 0 aliphatic carbocycles. The fourth-order valence-electron chi connectivity index (χ4n) is 1.67. The maximum atomic E-state index is 5.98. The van der Waals surface area contributed by atoms with E-state index in [1.54, 1.807) is 11.8 Å². The summed E-state index contributed by atoms with van der Waals surface area (Å²) in [6.07, 6.45) is 0. The molecule has 2 atom stereocenters. The smallest absolute Gasteiger partial charge is 0.148 e. The van der Waals surface area contributed by atoms with Gasteiger partial charge in [-0.1, -0.05) is 36.0 Å². The lowest BCUT2D eigenvalue weighted by molar-refractivity contribution is 0.463. The molecule has 1 aliphatic rings. The van der Waals surface area contributed by atoms with Gasteiger partial charge in [-0.2, -0.15) is 0 Å². The van der Waals surface area contributed by atoms with Gasteiger partial charge in [0.2, 0.25) is 0 Å². The Morgan fingerprint density at radius 1 is 0.812 bits per heavy atom. The van der Waals surface area contributed by atoms with Crippen LogP contribution in [0, 0.1) is 0 Å². The molecule has 80 valence electrons. The Morgan fingerprint density at radius 2 is 1.31 bits per heavy atom. The Bertz CT molecular complexity index is 519. The first-order chi connectivity index (χ1) is 7.75. The monoisotopic (exact) mass is 264 g/mol. The Kier molecular flexibility index (Phi) is 2.67. The van der Waals surface area contributed by atoms with Gasteiger partial charge in [-0.05, 0) is 12.1 Å². The average molecular weight is 264 g/mol. The Labute approximate surface area is 103 Å². The molecule has 2 aromatic carbocycles. The third-order valence-electron chi connectivity index (χ3n) is 2.44. The quantitative estimate of drug-likeness (QED) is 0.577. The molecule has 1 heterocycles. The molecule has 0 N–H and O–H groups in total. The summed E-state index contributed by atoms with van der Waals surface area (Å²) in [7, 11) is 5.43. The van der Waals surface area contributed by atoms with Crippen LogP contribution in [0.15, 0.2) is 46.2 Å². The molecule has 4 heteroatoms. The maximum absolute atomic E-state index is 5.98. The van der Waals surface area contributed by atoms with Crippen molar-refractivity contribution >= 4 is 40.9 Å². The van der Waals surface area contributed by atoms with Crippen molar-refractivity contribution in [2.45, 2.75) is 9.79 Å². The second-order valence-electron chi connectivity index (χ2n) is 3.55. The third kappa shape index (κ3) is 1.66.